The van der Waals surface area contributed by atoms with E-state index in [-0.39, 0.29) is 30.8 Å². The number of aliphatic hydroxyl groups excluding tert-OH is 1. The highest BCUT2D eigenvalue weighted by Gasteiger charge is 2.11. The van der Waals surface area contributed by atoms with Crippen LogP contribution in [-0.4, -0.2) is 23.9 Å². The first-order chi connectivity index (χ1) is 6.69. The van der Waals surface area contributed by atoms with Crippen LogP contribution in [-0.2, 0) is 0 Å². The summed E-state index contributed by atoms with van der Waals surface area (Å²) in [5, 5.41) is 18.2. The van der Waals surface area contributed by atoms with Gasteiger partial charge in [-0.3, -0.25) is 0 Å². The highest BCUT2D eigenvalue weighted by Crippen LogP contribution is 2.28. The van der Waals surface area contributed by atoms with E-state index < -0.39 is 0 Å². The lowest BCUT2D eigenvalue weighted by Crippen LogP contribution is -2.12. The molecule has 0 spiro atoms. The Morgan fingerprint density at radius 2 is 2.13 bits per heavy atom. The summed E-state index contributed by atoms with van der Waals surface area (Å²) in [5.41, 5.74) is 6.35. The van der Waals surface area contributed by atoms with Crippen molar-refractivity contribution >= 4 is 12.4 Å². The van der Waals surface area contributed by atoms with Gasteiger partial charge in [-0.1, -0.05) is 0 Å². The fourth-order valence-electron chi connectivity index (χ4n) is 1.25. The van der Waals surface area contributed by atoms with E-state index in [0.717, 1.165) is 0 Å². The largest absolute Gasteiger partial charge is 0.508 e. The molecule has 0 fully saturated rings. The van der Waals surface area contributed by atoms with Crippen molar-refractivity contribution in [3.05, 3.63) is 23.8 Å². The minimum Gasteiger partial charge on any atom is -0.508 e. The normalized spacial score (nSPS) is 11.7. The molecule has 0 saturated carbocycles. The lowest BCUT2D eigenvalue weighted by Gasteiger charge is -2.13. The fourth-order valence-corrected chi connectivity index (χ4v) is 1.25. The molecule has 0 heterocycles. The molecule has 0 bridgehead atoms. The lowest BCUT2D eigenvalue weighted by molar-refractivity contribution is 0.275. The molecule has 1 atom stereocenters. The second-order valence-corrected chi connectivity index (χ2v) is 3.04. The van der Waals surface area contributed by atoms with E-state index in [2.05, 4.69) is 0 Å². The Bertz CT molecular complexity index is 307. The van der Waals surface area contributed by atoms with Crippen LogP contribution in [0.25, 0.3) is 0 Å². The van der Waals surface area contributed by atoms with Crippen molar-refractivity contribution < 1.29 is 14.9 Å². The first-order valence-corrected chi connectivity index (χ1v) is 4.42. The molecule has 86 valence electrons. The quantitative estimate of drug-likeness (QED) is 0.731. The lowest BCUT2D eigenvalue weighted by atomic mass is 10.0. The number of rotatable bonds is 4. The molecule has 1 unspecified atom stereocenters. The van der Waals surface area contributed by atoms with Gasteiger partial charge in [0.05, 0.1) is 7.11 Å². The summed E-state index contributed by atoms with van der Waals surface area (Å²) in [6.07, 6.45) is 0.417. The molecule has 4 nitrogen and oxygen atoms in total. The molecule has 15 heavy (non-hydrogen) atoms. The summed E-state index contributed by atoms with van der Waals surface area (Å²) in [6, 6.07) is 4.50. The number of nitrogens with two attached hydrogens (primary N) is 1. The standard InChI is InChI=1S/C10H15NO3.ClH/c1-14-7-2-3-10(13)8(6-7)9(11)4-5-12;/h2-3,6,9,12-13H,4-5,11H2,1H3;1H. The maximum atomic E-state index is 9.51. The van der Waals surface area contributed by atoms with Gasteiger partial charge in [0.2, 0.25) is 0 Å². The molecule has 1 rings (SSSR count). The Kier molecular flexibility index (Phi) is 6.08. The van der Waals surface area contributed by atoms with E-state index in [1.165, 1.54) is 6.07 Å². The summed E-state index contributed by atoms with van der Waals surface area (Å²) in [7, 11) is 1.55. The fraction of sp³-hybridized carbons (Fsp3) is 0.400. The molecule has 0 aliphatic rings. The molecular weight excluding hydrogens is 218 g/mol. The summed E-state index contributed by atoms with van der Waals surface area (Å²) in [4.78, 5) is 0. The zero-order chi connectivity index (χ0) is 10.6. The highest BCUT2D eigenvalue weighted by molar-refractivity contribution is 5.85. The first kappa shape index (κ1) is 14.0. The van der Waals surface area contributed by atoms with Gasteiger partial charge in [-0.05, 0) is 24.6 Å². The molecule has 0 radical (unpaired) electrons. The number of ether oxygens (including phenoxy) is 1. The van der Waals surface area contributed by atoms with E-state index in [1.807, 2.05) is 0 Å². The Hall–Kier alpha value is -0.970. The van der Waals surface area contributed by atoms with Crippen LogP contribution >= 0.6 is 12.4 Å². The van der Waals surface area contributed by atoms with E-state index in [9.17, 15) is 5.11 Å². The topological polar surface area (TPSA) is 75.7 Å². The summed E-state index contributed by atoms with van der Waals surface area (Å²) in [6.45, 7) is -0.00217. The van der Waals surface area contributed by atoms with Crippen LogP contribution < -0.4 is 10.5 Å². The third kappa shape index (κ3) is 3.58. The van der Waals surface area contributed by atoms with Crippen LogP contribution in [0.3, 0.4) is 0 Å². The maximum absolute atomic E-state index is 9.51. The average Bonchev–Trinajstić information content (AvgIpc) is 2.19. The van der Waals surface area contributed by atoms with Crippen molar-refractivity contribution in [1.82, 2.24) is 0 Å². The summed E-state index contributed by atoms with van der Waals surface area (Å²) < 4.78 is 5.01. The SMILES string of the molecule is COc1ccc(O)c(C(N)CCO)c1.Cl. The van der Waals surface area contributed by atoms with E-state index in [4.69, 9.17) is 15.6 Å². The maximum Gasteiger partial charge on any atom is 0.120 e. The Labute approximate surface area is 95.1 Å². The molecule has 1 aromatic rings. The number of methoxy groups -OCH3 is 1. The van der Waals surface area contributed by atoms with Crippen LogP contribution in [0.1, 0.15) is 18.0 Å². The molecule has 0 aliphatic carbocycles. The van der Waals surface area contributed by atoms with Crippen molar-refractivity contribution in [3.63, 3.8) is 0 Å². The van der Waals surface area contributed by atoms with Crippen molar-refractivity contribution in [1.29, 1.82) is 0 Å². The van der Waals surface area contributed by atoms with Crippen molar-refractivity contribution in [2.75, 3.05) is 13.7 Å². The Morgan fingerprint density at radius 3 is 2.67 bits per heavy atom. The molecule has 4 N–H and O–H groups in total. The second kappa shape index (κ2) is 6.50. The van der Waals surface area contributed by atoms with Crippen molar-refractivity contribution in [2.45, 2.75) is 12.5 Å². The van der Waals surface area contributed by atoms with Gasteiger partial charge in [0.25, 0.3) is 0 Å². The minimum absolute atomic E-state index is 0. The van der Waals surface area contributed by atoms with Crippen LogP contribution in [0.15, 0.2) is 18.2 Å². The zero-order valence-electron chi connectivity index (χ0n) is 8.51. The highest BCUT2D eigenvalue weighted by atomic mass is 35.5. The van der Waals surface area contributed by atoms with Crippen molar-refractivity contribution in [2.24, 2.45) is 5.73 Å². The van der Waals surface area contributed by atoms with Crippen LogP contribution in [0.4, 0.5) is 0 Å². The number of benzene rings is 1. The van der Waals surface area contributed by atoms with Gasteiger partial charge in [0.15, 0.2) is 0 Å². The number of hydrogen-bond donors (Lipinski definition) is 3. The van der Waals surface area contributed by atoms with Gasteiger partial charge in [0, 0.05) is 18.2 Å². The van der Waals surface area contributed by atoms with Crippen LogP contribution in [0.2, 0.25) is 0 Å². The van der Waals surface area contributed by atoms with E-state index in [0.29, 0.717) is 17.7 Å². The zero-order valence-corrected chi connectivity index (χ0v) is 9.33. The predicted molar refractivity (Wildman–Crippen MR) is 60.5 cm³/mol. The molecule has 0 aliphatic heterocycles. The molecular formula is C10H16ClNO3. The third-order valence-corrected chi connectivity index (χ3v) is 2.07. The molecule has 0 aromatic heterocycles. The monoisotopic (exact) mass is 233 g/mol. The van der Waals surface area contributed by atoms with Gasteiger partial charge in [-0.15, -0.1) is 12.4 Å². The van der Waals surface area contributed by atoms with E-state index in [1.54, 1.807) is 19.2 Å². The van der Waals surface area contributed by atoms with Gasteiger partial charge < -0.3 is 20.7 Å². The van der Waals surface area contributed by atoms with Gasteiger partial charge in [0.1, 0.15) is 11.5 Å². The van der Waals surface area contributed by atoms with Crippen molar-refractivity contribution in [3.8, 4) is 11.5 Å². The Morgan fingerprint density at radius 1 is 1.47 bits per heavy atom. The van der Waals surface area contributed by atoms with Gasteiger partial charge >= 0.3 is 0 Å². The number of aliphatic hydroxyl groups is 1. The third-order valence-electron chi connectivity index (χ3n) is 2.07. The predicted octanol–water partition coefficient (Wildman–Crippen LogP) is 1.20. The molecule has 5 heteroatoms. The summed E-state index contributed by atoms with van der Waals surface area (Å²) >= 11 is 0. The minimum atomic E-state index is -0.366. The number of phenolic OH excluding ortho intramolecular Hbond substituents is 1. The number of halogens is 1. The number of aromatic hydroxyl groups is 1. The first-order valence-electron chi connectivity index (χ1n) is 4.42. The summed E-state index contributed by atoms with van der Waals surface area (Å²) in [5.74, 6) is 0.776. The van der Waals surface area contributed by atoms with Gasteiger partial charge in [-0.25, -0.2) is 0 Å². The van der Waals surface area contributed by atoms with Crippen LogP contribution in [0.5, 0.6) is 11.5 Å². The molecule has 1 aromatic carbocycles. The van der Waals surface area contributed by atoms with Gasteiger partial charge in [-0.2, -0.15) is 0 Å². The smallest absolute Gasteiger partial charge is 0.120 e. The molecule has 0 amide bonds. The second-order valence-electron chi connectivity index (χ2n) is 3.04. The number of hydrogen-bond acceptors (Lipinski definition) is 4. The van der Waals surface area contributed by atoms with E-state index >= 15 is 0 Å². The van der Waals surface area contributed by atoms with Crippen LogP contribution in [0, 0.1) is 0 Å². The average molecular weight is 234 g/mol. The Balaban J connectivity index is 0.00000196. The molecule has 0 saturated heterocycles. The number of phenols is 1.